The summed E-state index contributed by atoms with van der Waals surface area (Å²) in [5.74, 6) is -0.0844. The number of rotatable bonds is 7. The van der Waals surface area contributed by atoms with Crippen LogP contribution in [-0.2, 0) is 10.0 Å². The van der Waals surface area contributed by atoms with Crippen molar-refractivity contribution in [1.29, 1.82) is 0 Å². The Morgan fingerprint density at radius 1 is 0.771 bits per heavy atom. The van der Waals surface area contributed by atoms with Crippen LogP contribution in [-0.4, -0.2) is 14.0 Å². The summed E-state index contributed by atoms with van der Waals surface area (Å²) in [6.45, 7) is 1.93. The van der Waals surface area contributed by atoms with E-state index < -0.39 is 15.6 Å². The third kappa shape index (κ3) is 4.70. The third-order valence-electron chi connectivity index (χ3n) is 6.55. The van der Waals surface area contributed by atoms with Crippen LogP contribution in [0.5, 0.6) is 0 Å². The molecule has 5 heteroatoms. The maximum Gasteiger partial charge on any atom is 0.241 e. The minimum atomic E-state index is -3.82. The molecule has 1 aliphatic carbocycles. The van der Waals surface area contributed by atoms with Crippen LogP contribution in [0.15, 0.2) is 125 Å². The molecule has 3 nitrogen and oxygen atoms in total. The van der Waals surface area contributed by atoms with Gasteiger partial charge in [-0.3, -0.25) is 0 Å². The highest BCUT2D eigenvalue weighted by Crippen LogP contribution is 2.59. The van der Waals surface area contributed by atoms with Gasteiger partial charge in [0.25, 0.3) is 0 Å². The maximum absolute atomic E-state index is 13.6. The van der Waals surface area contributed by atoms with E-state index in [-0.39, 0.29) is 10.8 Å². The molecule has 5 rings (SSSR count). The van der Waals surface area contributed by atoms with Crippen LogP contribution in [0.4, 0.5) is 0 Å². The van der Waals surface area contributed by atoms with Crippen LogP contribution in [0, 0.1) is 6.92 Å². The summed E-state index contributed by atoms with van der Waals surface area (Å²) in [4.78, 5) is 0.228. The van der Waals surface area contributed by atoms with Crippen LogP contribution >= 0.6 is 11.6 Å². The van der Waals surface area contributed by atoms with Crippen molar-refractivity contribution < 1.29 is 8.42 Å². The van der Waals surface area contributed by atoms with Crippen molar-refractivity contribution >= 4 is 27.2 Å². The summed E-state index contributed by atoms with van der Waals surface area (Å²) in [5.41, 5.74) is 3.82. The van der Waals surface area contributed by atoms with Crippen molar-refractivity contribution in [2.45, 2.75) is 29.7 Å². The molecule has 1 fully saturated rings. The van der Waals surface area contributed by atoms with Crippen LogP contribution < -0.4 is 4.72 Å². The van der Waals surface area contributed by atoms with Gasteiger partial charge in [0.15, 0.2) is 0 Å². The lowest BCUT2D eigenvalue weighted by Gasteiger charge is -2.23. The molecular formula is C30H26ClNO2S. The summed E-state index contributed by atoms with van der Waals surface area (Å²) in [6, 6.07) is 36.7. The second-order valence-electron chi connectivity index (χ2n) is 8.98. The lowest BCUT2D eigenvalue weighted by Crippen LogP contribution is -2.39. The van der Waals surface area contributed by atoms with Crippen molar-refractivity contribution in [2.75, 3.05) is 0 Å². The van der Waals surface area contributed by atoms with E-state index in [0.29, 0.717) is 11.5 Å². The molecule has 4 aromatic rings. The molecule has 0 heterocycles. The molecule has 35 heavy (non-hydrogen) atoms. The zero-order valence-corrected chi connectivity index (χ0v) is 20.9. The van der Waals surface area contributed by atoms with E-state index in [0.717, 1.165) is 27.8 Å². The van der Waals surface area contributed by atoms with Gasteiger partial charge in [0.05, 0.1) is 10.4 Å². The highest BCUT2D eigenvalue weighted by molar-refractivity contribution is 7.89. The third-order valence-corrected chi connectivity index (χ3v) is 8.60. The van der Waals surface area contributed by atoms with Gasteiger partial charge in [-0.2, -0.15) is 4.72 Å². The Morgan fingerprint density at radius 2 is 1.26 bits per heavy atom. The van der Waals surface area contributed by atoms with Crippen molar-refractivity contribution in [2.24, 2.45) is 0 Å². The van der Waals surface area contributed by atoms with Gasteiger partial charge in [-0.1, -0.05) is 120 Å². The molecule has 2 unspecified atom stereocenters. The number of benzene rings is 4. The van der Waals surface area contributed by atoms with E-state index in [2.05, 4.69) is 4.72 Å². The zero-order chi connectivity index (χ0) is 24.5. The number of hydrogen-bond acceptors (Lipinski definition) is 2. The first-order valence-electron chi connectivity index (χ1n) is 11.6. The smallest absolute Gasteiger partial charge is 0.207 e. The number of sulfonamides is 1. The first-order chi connectivity index (χ1) is 16.9. The molecule has 4 aromatic carbocycles. The predicted octanol–water partition coefficient (Wildman–Crippen LogP) is 6.90. The molecule has 0 bridgehead atoms. The molecule has 1 aliphatic rings. The summed E-state index contributed by atoms with van der Waals surface area (Å²) in [7, 11) is -3.82. The lowest BCUT2D eigenvalue weighted by molar-refractivity contribution is 0.564. The normalized spacial score (nSPS) is 19.2. The average molecular weight is 500 g/mol. The molecule has 0 aliphatic heterocycles. The SMILES string of the molecule is Cc1ccc(S(=O)(=O)NC2(C(Cl)=C(c3ccccc3)c3ccccc3)CC2c2ccccc2)cc1. The number of hydrogen-bond donors (Lipinski definition) is 1. The fraction of sp³-hybridized carbons (Fsp3) is 0.133. The van der Waals surface area contributed by atoms with Gasteiger partial charge in [0.2, 0.25) is 10.0 Å². The topological polar surface area (TPSA) is 46.2 Å². The summed E-state index contributed by atoms with van der Waals surface area (Å²) < 4.78 is 30.2. The Labute approximate surface area is 212 Å². The predicted molar refractivity (Wildman–Crippen MR) is 143 cm³/mol. The maximum atomic E-state index is 13.6. The molecule has 0 amide bonds. The Balaban J connectivity index is 1.68. The Hall–Kier alpha value is -3.18. The Morgan fingerprint density at radius 3 is 1.77 bits per heavy atom. The van der Waals surface area contributed by atoms with Crippen LogP contribution in [0.2, 0.25) is 0 Å². The van der Waals surface area contributed by atoms with Crippen LogP contribution in [0.3, 0.4) is 0 Å². The number of aryl methyl sites for hydroxylation is 1. The minimum Gasteiger partial charge on any atom is -0.207 e. The molecule has 1 N–H and O–H groups in total. The van der Waals surface area contributed by atoms with Gasteiger partial charge in [-0.25, -0.2) is 8.42 Å². The van der Waals surface area contributed by atoms with Gasteiger partial charge in [-0.05, 0) is 42.2 Å². The summed E-state index contributed by atoms with van der Waals surface area (Å²) >= 11 is 7.29. The Kier molecular flexibility index (Phi) is 6.37. The van der Waals surface area contributed by atoms with E-state index in [9.17, 15) is 8.42 Å². The summed E-state index contributed by atoms with van der Waals surface area (Å²) in [6.07, 6.45) is 0.574. The van der Waals surface area contributed by atoms with Gasteiger partial charge in [0, 0.05) is 16.5 Å². The largest absolute Gasteiger partial charge is 0.241 e. The standard InChI is InChI=1S/C30H26ClNO2S/c1-22-17-19-26(20-18-22)35(33,34)32-30(21-27(30)23-11-5-2-6-12-23)29(31)28(24-13-7-3-8-14-24)25-15-9-4-10-16-25/h2-20,27,32H,21H2,1H3. The second-order valence-corrected chi connectivity index (χ2v) is 11.0. The average Bonchev–Trinajstić information content (AvgIpc) is 3.61. The minimum absolute atomic E-state index is 0.0844. The van der Waals surface area contributed by atoms with Gasteiger partial charge < -0.3 is 0 Å². The highest BCUT2D eigenvalue weighted by Gasteiger charge is 2.60. The molecule has 176 valence electrons. The highest BCUT2D eigenvalue weighted by atomic mass is 35.5. The van der Waals surface area contributed by atoms with Crippen molar-refractivity contribution in [1.82, 2.24) is 4.72 Å². The van der Waals surface area contributed by atoms with Crippen molar-refractivity contribution in [3.05, 3.63) is 143 Å². The molecule has 0 aromatic heterocycles. The van der Waals surface area contributed by atoms with Crippen LogP contribution in [0.1, 0.15) is 34.6 Å². The number of halogens is 1. The first-order valence-corrected chi connectivity index (χ1v) is 13.4. The summed E-state index contributed by atoms with van der Waals surface area (Å²) in [5, 5.41) is 0.499. The van der Waals surface area contributed by atoms with Gasteiger partial charge in [0.1, 0.15) is 0 Å². The van der Waals surface area contributed by atoms with E-state index in [4.69, 9.17) is 11.6 Å². The fourth-order valence-corrected chi connectivity index (χ4v) is 6.57. The molecule has 0 saturated heterocycles. The fourth-order valence-electron chi connectivity index (χ4n) is 4.62. The first kappa shape index (κ1) is 23.6. The molecule has 2 atom stereocenters. The van der Waals surface area contributed by atoms with Crippen molar-refractivity contribution in [3.63, 3.8) is 0 Å². The molecule has 0 radical (unpaired) electrons. The monoisotopic (exact) mass is 499 g/mol. The van der Waals surface area contributed by atoms with Crippen molar-refractivity contribution in [3.8, 4) is 0 Å². The van der Waals surface area contributed by atoms with Crippen LogP contribution in [0.25, 0.3) is 5.57 Å². The van der Waals surface area contributed by atoms with Gasteiger partial charge in [-0.15, -0.1) is 0 Å². The van der Waals surface area contributed by atoms with Gasteiger partial charge >= 0.3 is 0 Å². The van der Waals surface area contributed by atoms with E-state index in [1.807, 2.05) is 97.9 Å². The second kappa shape index (κ2) is 9.46. The molecular weight excluding hydrogens is 474 g/mol. The van der Waals surface area contributed by atoms with E-state index in [1.54, 1.807) is 24.3 Å². The lowest BCUT2D eigenvalue weighted by atomic mass is 9.94. The van der Waals surface area contributed by atoms with E-state index >= 15 is 0 Å². The molecule has 0 spiro atoms. The quantitative estimate of drug-likeness (QED) is 0.300. The Bertz CT molecular complexity index is 1410. The molecule has 1 saturated carbocycles. The van der Waals surface area contributed by atoms with E-state index in [1.165, 1.54) is 0 Å². The zero-order valence-electron chi connectivity index (χ0n) is 19.4. The number of nitrogens with one attached hydrogen (secondary N) is 1.